The molecule has 6 heteroatoms. The average molecular weight is 252 g/mol. The van der Waals surface area contributed by atoms with E-state index in [2.05, 4.69) is 48.1 Å². The second-order valence-corrected chi connectivity index (χ2v) is 4.80. The van der Waals surface area contributed by atoms with E-state index in [4.69, 9.17) is 5.73 Å². The molecule has 0 saturated heterocycles. The van der Waals surface area contributed by atoms with Crippen molar-refractivity contribution in [3.8, 4) is 0 Å². The monoisotopic (exact) mass is 252 g/mol. The molecule has 4 nitrogen and oxygen atoms in total. The molecule has 2 atom stereocenters. The Kier molecular flexibility index (Phi) is 7.23. The number of likely N-dealkylation sites (N-methyl/N-ethyl adjacent to an activating group) is 2. The predicted molar refractivity (Wildman–Crippen MR) is 74.0 cm³/mol. The zero-order valence-electron chi connectivity index (χ0n) is 9.80. The van der Waals surface area contributed by atoms with E-state index in [1.165, 1.54) is 0 Å². The number of rotatable bonds is 8. The first kappa shape index (κ1) is 15.5. The van der Waals surface area contributed by atoms with Crippen LogP contribution in [0, 0.1) is 0 Å². The van der Waals surface area contributed by atoms with Gasteiger partial charge in [0.1, 0.15) is 0 Å². The van der Waals surface area contributed by atoms with Crippen LogP contribution in [0.4, 0.5) is 0 Å². The predicted octanol–water partition coefficient (Wildman–Crippen LogP) is -0.712. The zero-order valence-corrected chi connectivity index (χ0v) is 11.6. The van der Waals surface area contributed by atoms with Gasteiger partial charge in [0, 0.05) is 30.1 Å². The number of nitrogens with two attached hydrogens (primary N) is 1. The van der Waals surface area contributed by atoms with Crippen molar-refractivity contribution in [2.75, 3.05) is 38.7 Å². The quantitative estimate of drug-likeness (QED) is 0.255. The van der Waals surface area contributed by atoms with Gasteiger partial charge in [0.2, 0.25) is 0 Å². The van der Waals surface area contributed by atoms with Crippen LogP contribution in [-0.4, -0.2) is 49.9 Å². The van der Waals surface area contributed by atoms with E-state index in [9.17, 15) is 0 Å². The van der Waals surface area contributed by atoms with E-state index in [0.717, 1.165) is 12.3 Å². The van der Waals surface area contributed by atoms with Crippen molar-refractivity contribution in [2.24, 2.45) is 5.73 Å². The van der Waals surface area contributed by atoms with Crippen LogP contribution < -0.4 is 21.7 Å². The molecule has 0 spiro atoms. The molecular formula is C9H24N4S2. The fraction of sp³-hybridized carbons (Fsp3) is 1.00. The topological polar surface area (TPSA) is 62.1 Å². The van der Waals surface area contributed by atoms with Crippen molar-refractivity contribution in [3.63, 3.8) is 0 Å². The lowest BCUT2D eigenvalue weighted by Gasteiger charge is -2.35. The van der Waals surface area contributed by atoms with Crippen molar-refractivity contribution >= 4 is 25.3 Å². The van der Waals surface area contributed by atoms with Gasteiger partial charge >= 0.3 is 0 Å². The van der Waals surface area contributed by atoms with E-state index < -0.39 is 5.66 Å². The van der Waals surface area contributed by atoms with E-state index >= 15 is 0 Å². The van der Waals surface area contributed by atoms with Crippen molar-refractivity contribution in [3.05, 3.63) is 0 Å². The first-order valence-electron chi connectivity index (χ1n) is 5.04. The molecule has 0 aliphatic carbocycles. The number of nitrogens with one attached hydrogen (secondary N) is 3. The van der Waals surface area contributed by atoms with Gasteiger partial charge in [-0.25, -0.2) is 0 Å². The summed E-state index contributed by atoms with van der Waals surface area (Å²) < 4.78 is 0. The molecule has 0 saturated carbocycles. The Labute approximate surface area is 104 Å². The lowest BCUT2D eigenvalue weighted by molar-refractivity contribution is 0.305. The lowest BCUT2D eigenvalue weighted by atomic mass is 10.0. The first-order chi connectivity index (χ1) is 6.95. The molecular weight excluding hydrogens is 228 g/mol. The van der Waals surface area contributed by atoms with Gasteiger partial charge in [-0.3, -0.25) is 5.32 Å². The molecule has 0 radical (unpaired) electrons. The molecule has 0 aromatic carbocycles. The van der Waals surface area contributed by atoms with Crippen LogP contribution in [0.25, 0.3) is 0 Å². The highest BCUT2D eigenvalue weighted by Crippen LogP contribution is 2.06. The minimum atomic E-state index is -0.473. The SMILES string of the molecule is CNC[C@@](N)(CS)NC[C@](C)(CS)NC. The Balaban J connectivity index is 4.20. The summed E-state index contributed by atoms with van der Waals surface area (Å²) >= 11 is 8.57. The second kappa shape index (κ2) is 6.98. The third kappa shape index (κ3) is 5.42. The molecule has 5 N–H and O–H groups in total. The fourth-order valence-electron chi connectivity index (χ4n) is 1.08. The van der Waals surface area contributed by atoms with E-state index in [-0.39, 0.29) is 5.54 Å². The summed E-state index contributed by atoms with van der Waals surface area (Å²) in [6.07, 6.45) is 0. The van der Waals surface area contributed by atoms with Gasteiger partial charge in [-0.2, -0.15) is 25.3 Å². The van der Waals surface area contributed by atoms with Crippen LogP contribution in [0.3, 0.4) is 0 Å². The van der Waals surface area contributed by atoms with Gasteiger partial charge in [0.15, 0.2) is 0 Å². The second-order valence-electron chi connectivity index (χ2n) is 4.17. The molecule has 0 aromatic rings. The average Bonchev–Trinajstić information content (AvgIpc) is 2.26. The first-order valence-corrected chi connectivity index (χ1v) is 6.31. The van der Waals surface area contributed by atoms with E-state index in [0.29, 0.717) is 12.3 Å². The van der Waals surface area contributed by atoms with Crippen molar-refractivity contribution < 1.29 is 0 Å². The highest BCUT2D eigenvalue weighted by atomic mass is 32.1. The van der Waals surface area contributed by atoms with Crippen LogP contribution in [0.2, 0.25) is 0 Å². The summed E-state index contributed by atoms with van der Waals surface area (Å²) in [6.45, 7) is 3.54. The van der Waals surface area contributed by atoms with Gasteiger partial charge in [0.05, 0.1) is 5.66 Å². The van der Waals surface area contributed by atoms with Crippen molar-refractivity contribution in [1.29, 1.82) is 0 Å². The molecule has 0 amide bonds. The van der Waals surface area contributed by atoms with Gasteiger partial charge in [-0.05, 0) is 21.0 Å². The van der Waals surface area contributed by atoms with Gasteiger partial charge in [0.25, 0.3) is 0 Å². The van der Waals surface area contributed by atoms with Crippen LogP contribution in [0.1, 0.15) is 6.92 Å². The molecule has 0 rings (SSSR count). The maximum Gasteiger partial charge on any atom is 0.0880 e. The molecule has 0 bridgehead atoms. The Morgan fingerprint density at radius 3 is 2.07 bits per heavy atom. The third-order valence-corrected chi connectivity index (χ3v) is 3.82. The summed E-state index contributed by atoms with van der Waals surface area (Å²) in [4.78, 5) is 0. The highest BCUT2D eigenvalue weighted by Gasteiger charge is 2.27. The highest BCUT2D eigenvalue weighted by molar-refractivity contribution is 7.80. The van der Waals surface area contributed by atoms with Crippen LogP contribution in [0.15, 0.2) is 0 Å². The summed E-state index contributed by atoms with van der Waals surface area (Å²) in [6, 6.07) is 0. The third-order valence-electron chi connectivity index (χ3n) is 2.56. The van der Waals surface area contributed by atoms with E-state index in [1.54, 1.807) is 0 Å². The maximum absolute atomic E-state index is 6.12. The molecule has 0 aliphatic rings. The Morgan fingerprint density at radius 2 is 1.73 bits per heavy atom. The molecule has 15 heavy (non-hydrogen) atoms. The minimum Gasteiger partial charge on any atom is -0.317 e. The molecule has 0 aliphatic heterocycles. The van der Waals surface area contributed by atoms with Gasteiger partial charge in [-0.1, -0.05) is 0 Å². The molecule has 0 aromatic heterocycles. The zero-order chi connectivity index (χ0) is 11.9. The Morgan fingerprint density at radius 1 is 1.13 bits per heavy atom. The molecule has 0 unspecified atom stereocenters. The van der Waals surface area contributed by atoms with Crippen molar-refractivity contribution in [1.82, 2.24) is 16.0 Å². The largest absolute Gasteiger partial charge is 0.317 e. The maximum atomic E-state index is 6.12. The standard InChI is InChI=1S/C9H24N4S2/c1-8(6-14,12-3)4-13-9(10,7-15)5-11-2/h11-15H,4-7,10H2,1-3H3/t8-,9+/m1/s1. The summed E-state index contributed by atoms with van der Waals surface area (Å²) in [7, 11) is 3.80. The van der Waals surface area contributed by atoms with Crippen LogP contribution in [-0.2, 0) is 0 Å². The fourth-order valence-corrected chi connectivity index (χ4v) is 1.58. The molecule has 92 valence electrons. The number of thiol groups is 2. The summed E-state index contributed by atoms with van der Waals surface area (Å²) in [5.74, 6) is 1.33. The van der Waals surface area contributed by atoms with Gasteiger partial charge < -0.3 is 16.4 Å². The molecule has 0 heterocycles. The van der Waals surface area contributed by atoms with Crippen LogP contribution >= 0.6 is 25.3 Å². The van der Waals surface area contributed by atoms with E-state index in [1.807, 2.05) is 14.1 Å². The normalized spacial score (nSPS) is 19.6. The summed E-state index contributed by atoms with van der Waals surface area (Å²) in [5, 5.41) is 9.60. The Hall–Kier alpha value is 0.540. The summed E-state index contributed by atoms with van der Waals surface area (Å²) in [5.41, 5.74) is 5.60. The minimum absolute atomic E-state index is 0.0512. The number of hydrogen-bond acceptors (Lipinski definition) is 6. The van der Waals surface area contributed by atoms with Gasteiger partial charge in [-0.15, -0.1) is 0 Å². The molecule has 0 fully saturated rings. The smallest absolute Gasteiger partial charge is 0.0880 e. The van der Waals surface area contributed by atoms with Crippen LogP contribution in [0.5, 0.6) is 0 Å². The van der Waals surface area contributed by atoms with Crippen molar-refractivity contribution in [2.45, 2.75) is 18.1 Å². The Bertz CT molecular complexity index is 175. The lowest BCUT2D eigenvalue weighted by Crippen LogP contribution is -2.65. The number of hydrogen-bond donors (Lipinski definition) is 6.